The molecule has 0 aliphatic carbocycles. The third-order valence-corrected chi connectivity index (χ3v) is 6.16. The topological polar surface area (TPSA) is 20.2 Å². The van der Waals surface area contributed by atoms with Gasteiger partial charge in [-0.2, -0.15) is 0 Å². The van der Waals surface area contributed by atoms with Gasteiger partial charge in [0, 0.05) is 0 Å². The van der Waals surface area contributed by atoms with Crippen molar-refractivity contribution in [3.8, 4) is 0 Å². The molecular formula is C30H51ClO. The molecule has 32 heavy (non-hydrogen) atoms. The molecule has 0 rings (SSSR count). The summed E-state index contributed by atoms with van der Waals surface area (Å²) in [4.78, 5) is -0.548. The van der Waals surface area contributed by atoms with Crippen LogP contribution in [0.5, 0.6) is 0 Å². The van der Waals surface area contributed by atoms with Gasteiger partial charge in [0.15, 0.2) is 0 Å². The van der Waals surface area contributed by atoms with Crippen LogP contribution in [0, 0.1) is 0 Å². The predicted molar refractivity (Wildman–Crippen MR) is 147 cm³/mol. The minimum absolute atomic E-state index is 0.460. The number of allylic oxidation sites excluding steroid dienone is 10. The van der Waals surface area contributed by atoms with Crippen LogP contribution in [0.15, 0.2) is 58.2 Å². The standard InChI is InChI=1S/C30H51ClO/c1-24(2)14-11-17-27(5)20-12-18-25(3)15-9-10-16-26(4)19-13-21-28(6)22-23-29(32)30(7,8)31/h14-16,20-21,29,32H,9-13,17-19,22-23H2,1-8H3/b25-15+,26-16+,27-20+,28-21+. The van der Waals surface area contributed by atoms with Gasteiger partial charge in [-0.05, 0) is 120 Å². The quantitative estimate of drug-likeness (QED) is 0.137. The molecule has 1 nitrogen and oxygen atoms in total. The summed E-state index contributed by atoms with van der Waals surface area (Å²) in [6.07, 6.45) is 22.1. The first kappa shape index (κ1) is 30.9. The smallest absolute Gasteiger partial charge is 0.0729 e. The zero-order valence-corrected chi connectivity index (χ0v) is 23.1. The first-order valence-electron chi connectivity index (χ1n) is 12.5. The van der Waals surface area contributed by atoms with E-state index in [2.05, 4.69) is 71.9 Å². The molecule has 2 heteroatoms. The van der Waals surface area contributed by atoms with Gasteiger partial charge >= 0.3 is 0 Å². The van der Waals surface area contributed by atoms with E-state index in [0.29, 0.717) is 0 Å². The fourth-order valence-corrected chi connectivity index (χ4v) is 3.57. The maximum atomic E-state index is 10.0. The number of aliphatic hydroxyl groups excluding tert-OH is 1. The molecule has 0 heterocycles. The molecule has 1 N–H and O–H groups in total. The highest BCUT2D eigenvalue weighted by Gasteiger charge is 2.24. The van der Waals surface area contributed by atoms with Gasteiger partial charge in [-0.25, -0.2) is 0 Å². The summed E-state index contributed by atoms with van der Waals surface area (Å²) < 4.78 is 0. The van der Waals surface area contributed by atoms with Gasteiger partial charge in [-0.15, -0.1) is 11.6 Å². The Morgan fingerprint density at radius 2 is 0.969 bits per heavy atom. The average Bonchev–Trinajstić information content (AvgIpc) is 2.68. The van der Waals surface area contributed by atoms with Crippen molar-refractivity contribution < 1.29 is 5.11 Å². The van der Waals surface area contributed by atoms with E-state index in [1.54, 1.807) is 0 Å². The van der Waals surface area contributed by atoms with Crippen LogP contribution < -0.4 is 0 Å². The molecule has 1 unspecified atom stereocenters. The van der Waals surface area contributed by atoms with E-state index in [4.69, 9.17) is 11.6 Å². The van der Waals surface area contributed by atoms with Gasteiger partial charge in [0.25, 0.3) is 0 Å². The SMILES string of the molecule is CC(C)=CCC/C(C)=C/CC/C(C)=C/CC/C=C(\C)CC/C=C(\C)CCC(O)C(C)(C)Cl. The van der Waals surface area contributed by atoms with E-state index in [9.17, 15) is 5.11 Å². The number of rotatable bonds is 16. The highest BCUT2D eigenvalue weighted by molar-refractivity contribution is 6.23. The fraction of sp³-hybridized carbons (Fsp3) is 0.667. The van der Waals surface area contributed by atoms with E-state index in [1.807, 2.05) is 13.8 Å². The summed E-state index contributed by atoms with van der Waals surface area (Å²) >= 11 is 6.17. The van der Waals surface area contributed by atoms with Crippen LogP contribution in [0.25, 0.3) is 0 Å². The Kier molecular flexibility index (Phi) is 16.9. The molecule has 184 valence electrons. The lowest BCUT2D eigenvalue weighted by Gasteiger charge is -2.23. The normalized spacial score (nSPS) is 15.2. The Morgan fingerprint density at radius 1 is 0.625 bits per heavy atom. The van der Waals surface area contributed by atoms with E-state index >= 15 is 0 Å². The predicted octanol–water partition coefficient (Wildman–Crippen LogP) is 10.0. The third kappa shape index (κ3) is 18.5. The fourth-order valence-electron chi connectivity index (χ4n) is 3.46. The van der Waals surface area contributed by atoms with Crippen molar-refractivity contribution in [1.29, 1.82) is 0 Å². The van der Waals surface area contributed by atoms with Gasteiger partial charge in [-0.1, -0.05) is 58.2 Å². The van der Waals surface area contributed by atoms with Crippen molar-refractivity contribution in [3.63, 3.8) is 0 Å². The lowest BCUT2D eigenvalue weighted by atomic mass is 9.98. The zero-order chi connectivity index (χ0) is 24.6. The van der Waals surface area contributed by atoms with Crippen molar-refractivity contribution in [1.82, 2.24) is 0 Å². The summed E-state index contributed by atoms with van der Waals surface area (Å²) in [7, 11) is 0. The minimum Gasteiger partial charge on any atom is -0.391 e. The van der Waals surface area contributed by atoms with Crippen LogP contribution in [0.1, 0.15) is 120 Å². The third-order valence-electron chi connectivity index (χ3n) is 5.91. The van der Waals surface area contributed by atoms with Crippen LogP contribution >= 0.6 is 11.6 Å². The van der Waals surface area contributed by atoms with E-state index in [0.717, 1.165) is 51.4 Å². The molecule has 0 aromatic rings. The van der Waals surface area contributed by atoms with Gasteiger partial charge in [0.2, 0.25) is 0 Å². The first-order chi connectivity index (χ1) is 14.9. The van der Waals surface area contributed by atoms with Crippen LogP contribution in [-0.4, -0.2) is 16.1 Å². The van der Waals surface area contributed by atoms with Crippen molar-refractivity contribution in [2.45, 2.75) is 131 Å². The van der Waals surface area contributed by atoms with Crippen LogP contribution in [0.3, 0.4) is 0 Å². The average molecular weight is 463 g/mol. The Hall–Kier alpha value is -1.05. The second-order valence-corrected chi connectivity index (χ2v) is 11.3. The van der Waals surface area contributed by atoms with Crippen molar-refractivity contribution in [3.05, 3.63) is 58.2 Å². The Bertz CT molecular complexity index is 663. The molecule has 0 bridgehead atoms. The van der Waals surface area contributed by atoms with E-state index in [1.165, 1.54) is 40.7 Å². The number of alkyl halides is 1. The summed E-state index contributed by atoms with van der Waals surface area (Å²) in [6.45, 7) is 17.0. The molecule has 0 radical (unpaired) electrons. The molecule has 0 saturated carbocycles. The van der Waals surface area contributed by atoms with Crippen molar-refractivity contribution >= 4 is 11.6 Å². The molecule has 0 aromatic carbocycles. The molecule has 1 atom stereocenters. The van der Waals surface area contributed by atoms with Gasteiger partial charge in [0.05, 0.1) is 11.0 Å². The molecular weight excluding hydrogens is 412 g/mol. The summed E-state index contributed by atoms with van der Waals surface area (Å²) in [6, 6.07) is 0. The Morgan fingerprint density at radius 3 is 1.34 bits per heavy atom. The highest BCUT2D eigenvalue weighted by Crippen LogP contribution is 2.23. The van der Waals surface area contributed by atoms with Crippen molar-refractivity contribution in [2.24, 2.45) is 0 Å². The monoisotopic (exact) mass is 462 g/mol. The number of halogens is 1. The first-order valence-corrected chi connectivity index (χ1v) is 12.9. The lowest BCUT2D eigenvalue weighted by molar-refractivity contribution is 0.130. The Labute approximate surface area is 205 Å². The number of aliphatic hydroxyl groups is 1. The van der Waals surface area contributed by atoms with Crippen LogP contribution in [0.2, 0.25) is 0 Å². The maximum Gasteiger partial charge on any atom is 0.0729 e. The second kappa shape index (κ2) is 17.4. The second-order valence-electron chi connectivity index (χ2n) is 10.3. The summed E-state index contributed by atoms with van der Waals surface area (Å²) in [5.41, 5.74) is 7.24. The largest absolute Gasteiger partial charge is 0.391 e. The van der Waals surface area contributed by atoms with Gasteiger partial charge in [0.1, 0.15) is 0 Å². The Balaban J connectivity index is 4.11. The summed E-state index contributed by atoms with van der Waals surface area (Å²) in [5, 5.41) is 10.0. The van der Waals surface area contributed by atoms with Gasteiger partial charge in [-0.3, -0.25) is 0 Å². The molecule has 0 aliphatic rings. The zero-order valence-electron chi connectivity index (χ0n) is 22.4. The van der Waals surface area contributed by atoms with Crippen LogP contribution in [-0.2, 0) is 0 Å². The molecule has 0 aliphatic heterocycles. The number of unbranched alkanes of at least 4 members (excludes halogenated alkanes) is 1. The maximum absolute atomic E-state index is 10.0. The van der Waals surface area contributed by atoms with Crippen molar-refractivity contribution in [2.75, 3.05) is 0 Å². The molecule has 0 fully saturated rings. The summed E-state index contributed by atoms with van der Waals surface area (Å²) in [5.74, 6) is 0. The lowest BCUT2D eigenvalue weighted by Crippen LogP contribution is -2.29. The molecule has 0 saturated heterocycles. The van der Waals surface area contributed by atoms with Gasteiger partial charge < -0.3 is 5.11 Å². The molecule has 0 aromatic heterocycles. The molecule has 0 spiro atoms. The minimum atomic E-state index is -0.548. The van der Waals surface area contributed by atoms with E-state index < -0.39 is 11.0 Å². The number of hydrogen-bond acceptors (Lipinski definition) is 1. The molecule has 0 amide bonds. The van der Waals surface area contributed by atoms with Crippen LogP contribution in [0.4, 0.5) is 0 Å². The number of hydrogen-bond donors (Lipinski definition) is 1. The highest BCUT2D eigenvalue weighted by atomic mass is 35.5. The van der Waals surface area contributed by atoms with E-state index in [-0.39, 0.29) is 0 Å².